The second-order valence-corrected chi connectivity index (χ2v) is 17.3. The van der Waals surface area contributed by atoms with Crippen LogP contribution in [0.1, 0.15) is 19.3 Å². The van der Waals surface area contributed by atoms with Gasteiger partial charge in [0.2, 0.25) is 0 Å². The molecule has 10 aromatic rings. The molecule has 67 heavy (non-hydrogen) atoms. The number of nitrogens with zero attached hydrogens (tertiary/aromatic N) is 2. The lowest BCUT2D eigenvalue weighted by molar-refractivity contribution is -0.701. The Kier molecular flexibility index (Phi) is 16.3. The highest BCUT2D eigenvalue weighted by Gasteiger charge is 2.32. The zero-order chi connectivity index (χ0) is 45.7. The summed E-state index contributed by atoms with van der Waals surface area (Å²) in [4.78, 5) is 0. The molecule has 10 rings (SSSR count). The molecule has 0 spiro atoms. The molecule has 0 unspecified atom stereocenters. The van der Waals surface area contributed by atoms with Gasteiger partial charge in [0, 0.05) is 37.1 Å². The predicted molar refractivity (Wildman–Crippen MR) is 287 cm³/mol. The van der Waals surface area contributed by atoms with Crippen molar-refractivity contribution in [1.29, 1.82) is 0 Å². The van der Waals surface area contributed by atoms with Crippen LogP contribution in [-0.4, -0.2) is 12.3 Å². The van der Waals surface area contributed by atoms with Crippen LogP contribution in [0.25, 0.3) is 0 Å². The van der Waals surface area contributed by atoms with Gasteiger partial charge in [-0.1, -0.05) is 255 Å². The van der Waals surface area contributed by atoms with Gasteiger partial charge in [-0.2, -0.15) is 43.7 Å². The average molecular weight is 867 g/mol. The summed E-state index contributed by atoms with van der Waals surface area (Å²) in [6, 6.07) is 99.5. The summed E-state index contributed by atoms with van der Waals surface area (Å²) in [5, 5.41) is 0. The van der Waals surface area contributed by atoms with E-state index in [4.69, 9.17) is 0 Å². The van der Waals surface area contributed by atoms with E-state index in [1.54, 1.807) is 0 Å². The van der Waals surface area contributed by atoms with Crippen LogP contribution in [0.5, 0.6) is 0 Å². The van der Waals surface area contributed by atoms with Crippen LogP contribution in [0, 0.1) is 0 Å². The molecule has 0 saturated carbocycles. The first-order valence-electron chi connectivity index (χ1n) is 23.9. The maximum atomic E-state index is 2.26. The van der Waals surface area contributed by atoms with E-state index < -0.39 is 12.3 Å². The lowest BCUT2D eigenvalue weighted by Crippen LogP contribution is -2.74. The summed E-state index contributed by atoms with van der Waals surface area (Å²) in [6.07, 6.45) is 9.88. The van der Waals surface area contributed by atoms with Gasteiger partial charge >= 0.3 is 0 Å². The Morgan fingerprint density at radius 1 is 0.194 bits per heavy atom. The van der Waals surface area contributed by atoms with Gasteiger partial charge in [-0.25, -0.2) is 9.13 Å². The molecule has 0 fully saturated rings. The molecule has 0 aliphatic rings. The van der Waals surface area contributed by atoms with Crippen LogP contribution in [0.3, 0.4) is 0 Å². The number of hydrogen-bond acceptors (Lipinski definition) is 0. The van der Waals surface area contributed by atoms with Crippen molar-refractivity contribution in [2.24, 2.45) is 0 Å². The van der Waals surface area contributed by atoms with Crippen molar-refractivity contribution in [3.63, 3.8) is 0 Å². The topological polar surface area (TPSA) is 7.76 Å². The van der Waals surface area contributed by atoms with Crippen LogP contribution < -0.4 is 52.8 Å². The molecule has 0 N–H and O–H groups in total. The molecule has 0 aliphatic carbocycles. The fraction of sp³-hybridized carbons (Fsp3) is 0.0794. The first-order valence-corrected chi connectivity index (χ1v) is 23.9. The largest absolute Gasteiger partial charge is 0.205 e. The van der Waals surface area contributed by atoms with Crippen molar-refractivity contribution in [3.8, 4) is 0 Å². The summed E-state index contributed by atoms with van der Waals surface area (Å²) in [5.74, 6) is 0. The Bertz CT molecular complexity index is 2340. The Morgan fingerprint density at radius 2 is 0.358 bits per heavy atom. The molecular weight excluding hydrogens is 806 g/mol. The summed E-state index contributed by atoms with van der Waals surface area (Å²) in [6.45, 7) is 2.25. The third kappa shape index (κ3) is 11.2. The van der Waals surface area contributed by atoms with Gasteiger partial charge in [0.15, 0.2) is 24.8 Å². The fourth-order valence-corrected chi connectivity index (χ4v) is 10.2. The predicted octanol–water partition coefficient (Wildman–Crippen LogP) is 8.26. The smallest absolute Gasteiger partial charge is 0.168 e. The van der Waals surface area contributed by atoms with E-state index in [9.17, 15) is 0 Å². The van der Waals surface area contributed by atoms with Crippen molar-refractivity contribution in [1.82, 2.24) is 0 Å². The van der Waals surface area contributed by atoms with E-state index in [-0.39, 0.29) is 0 Å². The van der Waals surface area contributed by atoms with Crippen molar-refractivity contribution >= 4 is 56.0 Å². The molecule has 0 bridgehead atoms. The van der Waals surface area contributed by atoms with Crippen molar-refractivity contribution < 1.29 is 9.13 Å². The number of hydrogen-bond donors (Lipinski definition) is 0. The Hall–Kier alpha value is -7.81. The lowest BCUT2D eigenvalue weighted by Gasteiger charge is -2.44. The Morgan fingerprint density at radius 3 is 0.537 bits per heavy atom. The van der Waals surface area contributed by atoms with Crippen LogP contribution in [0.2, 0.25) is 0 Å². The van der Waals surface area contributed by atoms with E-state index >= 15 is 0 Å². The minimum Gasteiger partial charge on any atom is -0.205 e. The van der Waals surface area contributed by atoms with Crippen LogP contribution >= 0.6 is 0 Å². The third-order valence-electron chi connectivity index (χ3n) is 13.3. The molecule has 0 atom stereocenters. The SMILES string of the molecule is c1cc[n+](CCCCC[n+]2ccccc2)cc1.c1ccc([B-](c2ccccc2)(c2ccccc2)c2ccccc2)cc1.c1ccc([B-](c2ccccc2)(c2ccccc2)c2ccccc2)cc1. The van der Waals surface area contributed by atoms with E-state index in [2.05, 4.69) is 313 Å². The zero-order valence-corrected chi connectivity index (χ0v) is 38.5. The molecule has 2 heterocycles. The zero-order valence-electron chi connectivity index (χ0n) is 38.5. The molecule has 328 valence electrons. The van der Waals surface area contributed by atoms with Crippen LogP contribution in [0.4, 0.5) is 0 Å². The fourth-order valence-electron chi connectivity index (χ4n) is 10.2. The minimum absolute atomic E-state index is 1.13. The number of rotatable bonds is 14. The molecule has 2 nitrogen and oxygen atoms in total. The van der Waals surface area contributed by atoms with Crippen molar-refractivity contribution in [2.75, 3.05) is 0 Å². The maximum Gasteiger partial charge on any atom is 0.168 e. The molecule has 4 heteroatoms. The number of aromatic nitrogens is 2. The molecule has 2 aromatic heterocycles. The number of benzene rings is 8. The van der Waals surface area contributed by atoms with E-state index in [1.807, 2.05) is 0 Å². The van der Waals surface area contributed by atoms with Gasteiger partial charge in [0.1, 0.15) is 25.4 Å². The first kappa shape index (κ1) is 45.7. The molecular formula is C63H60B2N2. The summed E-state index contributed by atoms with van der Waals surface area (Å²) in [5.41, 5.74) is 10.7. The standard InChI is InChI=1S/2C24H20B.C15H20N2/c2*1-5-13-21(14-6-1)25(22-15-7-2-8-16-22,23-17-9-3-10-18-23)24-19-11-4-12-20-24;1-4-10-16(11-5-1)14-8-3-9-15-17-12-6-2-7-13-17/h2*1-20H;1-2,4-7,10-13H,3,8-9,14-15H2/q2*-1;+2. The number of unbranched alkanes of at least 4 members (excludes halogenated alkanes) is 2. The van der Waals surface area contributed by atoms with Gasteiger partial charge in [-0.3, -0.25) is 0 Å². The van der Waals surface area contributed by atoms with Gasteiger partial charge in [0.25, 0.3) is 0 Å². The van der Waals surface area contributed by atoms with Crippen LogP contribution in [-0.2, 0) is 13.1 Å². The highest BCUT2D eigenvalue weighted by molar-refractivity contribution is 7.20. The molecule has 0 saturated heterocycles. The lowest BCUT2D eigenvalue weighted by atomic mass is 9.13. The molecule has 8 aromatic carbocycles. The normalized spacial score (nSPS) is 11.0. The number of aryl methyl sites for hydroxylation is 2. The first-order chi connectivity index (χ1) is 33.3. The van der Waals surface area contributed by atoms with E-state index in [0.29, 0.717) is 0 Å². The van der Waals surface area contributed by atoms with Crippen molar-refractivity contribution in [2.45, 2.75) is 32.4 Å². The quantitative estimate of drug-likeness (QED) is 0.0592. The number of pyridine rings is 2. The molecule has 0 aliphatic heterocycles. The van der Waals surface area contributed by atoms with E-state index in [0.717, 1.165) is 13.1 Å². The summed E-state index contributed by atoms with van der Waals surface area (Å²) >= 11 is 0. The van der Waals surface area contributed by atoms with Gasteiger partial charge in [-0.15, -0.1) is 0 Å². The monoisotopic (exact) mass is 866 g/mol. The summed E-state index contributed by atoms with van der Waals surface area (Å²) in [7, 11) is 0. The molecule has 0 radical (unpaired) electrons. The Labute approximate surface area is 399 Å². The minimum atomic E-state index is -1.22. The van der Waals surface area contributed by atoms with Crippen molar-refractivity contribution in [3.05, 3.63) is 304 Å². The second kappa shape index (κ2) is 23.9. The highest BCUT2D eigenvalue weighted by Crippen LogP contribution is 2.11. The Balaban J connectivity index is 0.000000139. The molecule has 0 amide bonds. The second-order valence-electron chi connectivity index (χ2n) is 17.3. The van der Waals surface area contributed by atoms with E-state index in [1.165, 1.54) is 63.0 Å². The third-order valence-corrected chi connectivity index (χ3v) is 13.3. The summed E-state index contributed by atoms with van der Waals surface area (Å²) < 4.78 is 4.49. The van der Waals surface area contributed by atoms with Gasteiger partial charge in [-0.05, 0) is 6.42 Å². The van der Waals surface area contributed by atoms with Gasteiger partial charge < -0.3 is 0 Å². The van der Waals surface area contributed by atoms with Gasteiger partial charge in [0.05, 0.1) is 0 Å². The highest BCUT2D eigenvalue weighted by atomic mass is 14.9. The maximum absolute atomic E-state index is 2.26. The van der Waals surface area contributed by atoms with Crippen LogP contribution in [0.15, 0.2) is 304 Å². The average Bonchev–Trinajstić information content (AvgIpc) is 3.43.